The van der Waals surface area contributed by atoms with Crippen molar-refractivity contribution in [1.29, 1.82) is 0 Å². The second-order valence-electron chi connectivity index (χ2n) is 9.17. The summed E-state index contributed by atoms with van der Waals surface area (Å²) in [5.74, 6) is 0.802. The largest absolute Gasteiger partial charge is 0.494 e. The molecule has 38 heavy (non-hydrogen) atoms. The quantitative estimate of drug-likeness (QED) is 0.304. The lowest BCUT2D eigenvalue weighted by Gasteiger charge is -2.32. The minimum atomic E-state index is -1.29. The van der Waals surface area contributed by atoms with Crippen LogP contribution in [0.5, 0.6) is 5.75 Å². The fourth-order valence-corrected chi connectivity index (χ4v) is 4.82. The van der Waals surface area contributed by atoms with Crippen molar-refractivity contribution in [3.8, 4) is 5.75 Å². The molecule has 0 spiro atoms. The van der Waals surface area contributed by atoms with Crippen LogP contribution in [0.2, 0.25) is 10.0 Å². The summed E-state index contributed by atoms with van der Waals surface area (Å²) in [5, 5.41) is 9.87. The van der Waals surface area contributed by atoms with Gasteiger partial charge in [0.05, 0.1) is 6.61 Å². The minimum Gasteiger partial charge on any atom is -0.494 e. The summed E-state index contributed by atoms with van der Waals surface area (Å²) in [6.07, 6.45) is 3.97. The topological polar surface area (TPSA) is 71.4 Å². The molecule has 2 atom stereocenters. The number of aliphatic hydroxyl groups is 1. The van der Waals surface area contributed by atoms with Gasteiger partial charge in [-0.05, 0) is 42.0 Å². The van der Waals surface area contributed by atoms with Gasteiger partial charge < -0.3 is 19.5 Å². The van der Waals surface area contributed by atoms with Crippen molar-refractivity contribution in [3.63, 3.8) is 0 Å². The van der Waals surface area contributed by atoms with Crippen molar-refractivity contribution in [1.82, 2.24) is 4.90 Å². The second kappa shape index (κ2) is 12.5. The molecule has 0 fully saturated rings. The number of carbonyl (C=O) groups excluding carboxylic acids is 1. The number of halogens is 2. The summed E-state index contributed by atoms with van der Waals surface area (Å²) < 4.78 is 12.1. The van der Waals surface area contributed by atoms with Crippen LogP contribution >= 0.6 is 23.2 Å². The van der Waals surface area contributed by atoms with Gasteiger partial charge in [0.15, 0.2) is 11.6 Å². The van der Waals surface area contributed by atoms with Crippen LogP contribution in [0.25, 0.3) is 6.08 Å². The maximum Gasteiger partial charge on any atom is 0.254 e. The van der Waals surface area contributed by atoms with E-state index in [9.17, 15) is 4.79 Å². The molecule has 4 rings (SSSR count). The minimum absolute atomic E-state index is 0.0675. The lowest BCUT2D eigenvalue weighted by Crippen LogP contribution is -2.47. The van der Waals surface area contributed by atoms with E-state index in [0.29, 0.717) is 45.8 Å². The van der Waals surface area contributed by atoms with E-state index in [4.69, 9.17) is 42.8 Å². The number of hydrogen-bond donors (Lipinski definition) is 1. The molecule has 0 aromatic heterocycles. The van der Waals surface area contributed by atoms with E-state index in [0.717, 1.165) is 5.56 Å². The van der Waals surface area contributed by atoms with Crippen molar-refractivity contribution in [2.45, 2.75) is 24.5 Å². The number of benzene rings is 3. The Morgan fingerprint density at radius 2 is 1.84 bits per heavy atom. The van der Waals surface area contributed by atoms with Gasteiger partial charge in [0.1, 0.15) is 5.75 Å². The van der Waals surface area contributed by atoms with Crippen LogP contribution in [-0.4, -0.2) is 54.7 Å². The van der Waals surface area contributed by atoms with Gasteiger partial charge in [-0.3, -0.25) is 4.79 Å². The van der Waals surface area contributed by atoms with Crippen LogP contribution in [0.4, 0.5) is 0 Å². The van der Waals surface area contributed by atoms with E-state index >= 15 is 0 Å². The Bertz CT molecular complexity index is 1310. The molecule has 1 aliphatic rings. The Hall–Kier alpha value is -3.32. The van der Waals surface area contributed by atoms with Gasteiger partial charge in [0.25, 0.3) is 5.91 Å². The van der Waals surface area contributed by atoms with E-state index in [1.807, 2.05) is 66.7 Å². The summed E-state index contributed by atoms with van der Waals surface area (Å²) in [5.41, 5.74) is 1.05. The molecule has 1 N–H and O–H groups in total. The third kappa shape index (κ3) is 6.21. The first kappa shape index (κ1) is 27.7. The van der Waals surface area contributed by atoms with Gasteiger partial charge in [0, 0.05) is 54.7 Å². The van der Waals surface area contributed by atoms with Gasteiger partial charge in [-0.2, -0.15) is 0 Å². The summed E-state index contributed by atoms with van der Waals surface area (Å²) >= 11 is 12.8. The highest BCUT2D eigenvalue weighted by molar-refractivity contribution is 6.35. The fourth-order valence-electron chi connectivity index (χ4n) is 4.32. The number of carbonyl (C=O) groups is 1. The molecule has 0 saturated carbocycles. The highest BCUT2D eigenvalue weighted by atomic mass is 35.5. The molecular weight excluding hydrogens is 523 g/mol. The molecule has 1 aliphatic heterocycles. The monoisotopic (exact) mass is 552 g/mol. The van der Waals surface area contributed by atoms with E-state index in [1.165, 1.54) is 4.90 Å². The van der Waals surface area contributed by atoms with Crippen LogP contribution in [0.3, 0.4) is 0 Å². The van der Waals surface area contributed by atoms with Crippen LogP contribution in [0.1, 0.15) is 35.6 Å². The number of nitrogens with zero attached hydrogens (tertiary/aromatic N) is 2. The molecular formula is C30H30Cl2N2O4. The van der Waals surface area contributed by atoms with Gasteiger partial charge in [-0.25, -0.2) is 4.99 Å². The number of aliphatic hydroxyl groups excluding tert-OH is 1. The van der Waals surface area contributed by atoms with E-state index in [-0.39, 0.29) is 18.9 Å². The van der Waals surface area contributed by atoms with Gasteiger partial charge >= 0.3 is 0 Å². The third-order valence-corrected chi connectivity index (χ3v) is 6.76. The van der Waals surface area contributed by atoms with Gasteiger partial charge in [-0.1, -0.05) is 71.8 Å². The van der Waals surface area contributed by atoms with Crippen molar-refractivity contribution in [3.05, 3.63) is 106 Å². The molecule has 0 aliphatic carbocycles. The molecule has 3 aromatic rings. The molecule has 0 unspecified atom stereocenters. The Kier molecular flexibility index (Phi) is 9.10. The third-order valence-electron chi connectivity index (χ3n) is 6.20. The van der Waals surface area contributed by atoms with Crippen molar-refractivity contribution in [2.75, 3.05) is 27.3 Å². The lowest BCUT2D eigenvalue weighted by molar-refractivity contribution is -0.137. The number of hydrogen-bond acceptors (Lipinski definition) is 5. The summed E-state index contributed by atoms with van der Waals surface area (Å²) in [6.45, 7) is 0.483. The molecule has 8 heteroatoms. The van der Waals surface area contributed by atoms with Crippen molar-refractivity contribution in [2.24, 2.45) is 4.99 Å². The first-order valence-electron chi connectivity index (χ1n) is 12.3. The molecule has 3 aromatic carbocycles. The number of amides is 1. The predicted octanol–water partition coefficient (Wildman–Crippen LogP) is 6.20. The predicted molar refractivity (Wildman–Crippen MR) is 152 cm³/mol. The summed E-state index contributed by atoms with van der Waals surface area (Å²) in [7, 11) is 3.41. The van der Waals surface area contributed by atoms with Crippen molar-refractivity contribution >= 4 is 41.1 Å². The Morgan fingerprint density at radius 1 is 1.11 bits per heavy atom. The zero-order valence-electron chi connectivity index (χ0n) is 21.3. The normalized spacial score (nSPS) is 18.8. The fraction of sp³-hybridized carbons (Fsp3) is 0.267. The van der Waals surface area contributed by atoms with Crippen LogP contribution in [0, 0.1) is 0 Å². The zero-order chi connectivity index (χ0) is 27.1. The molecule has 1 heterocycles. The molecule has 0 saturated heterocycles. The van der Waals surface area contributed by atoms with Crippen LogP contribution in [0.15, 0.2) is 83.9 Å². The van der Waals surface area contributed by atoms with Crippen LogP contribution < -0.4 is 4.74 Å². The first-order valence-corrected chi connectivity index (χ1v) is 13.1. The Morgan fingerprint density at radius 3 is 2.50 bits per heavy atom. The maximum absolute atomic E-state index is 13.8. The summed E-state index contributed by atoms with van der Waals surface area (Å²) in [4.78, 5) is 20.3. The van der Waals surface area contributed by atoms with E-state index in [2.05, 4.69) is 0 Å². The van der Waals surface area contributed by atoms with Crippen molar-refractivity contribution < 1.29 is 19.4 Å². The molecule has 0 bridgehead atoms. The smallest absolute Gasteiger partial charge is 0.254 e. The first-order chi connectivity index (χ1) is 18.3. The zero-order valence-corrected chi connectivity index (χ0v) is 22.8. The molecule has 0 radical (unpaired) electrons. The highest BCUT2D eigenvalue weighted by Gasteiger charge is 2.53. The Balaban J connectivity index is 1.76. The summed E-state index contributed by atoms with van der Waals surface area (Å²) in [6, 6.07) is 22.3. The number of aliphatic imine (C=N–C) groups is 1. The highest BCUT2D eigenvalue weighted by Crippen LogP contribution is 2.46. The average Bonchev–Trinajstić information content (AvgIpc) is 3.29. The van der Waals surface area contributed by atoms with Gasteiger partial charge in [0.2, 0.25) is 5.90 Å². The van der Waals surface area contributed by atoms with Gasteiger partial charge in [-0.15, -0.1) is 0 Å². The molecule has 198 valence electrons. The number of likely N-dealkylation sites (N-methyl/N-ethyl adjacent to an activating group) is 1. The average molecular weight is 553 g/mol. The molecule has 6 nitrogen and oxygen atoms in total. The lowest BCUT2D eigenvalue weighted by atomic mass is 9.83. The van der Waals surface area contributed by atoms with E-state index in [1.54, 1.807) is 32.3 Å². The SMILES string of the molecule is CN(C)C(=O)[C@]1(C/C=C/c2ccccc2)N=C(c2ccc(OCCCO)cc2)O[C@@H]1c1ccc(Cl)cc1Cl. The van der Waals surface area contributed by atoms with E-state index < -0.39 is 11.6 Å². The molecule has 1 amide bonds. The second-order valence-corrected chi connectivity index (χ2v) is 10.0. The van der Waals surface area contributed by atoms with Crippen LogP contribution in [-0.2, 0) is 9.53 Å². The number of rotatable bonds is 10. The standard InChI is InChI=1S/C30H30Cl2N2O4/c1-34(2)29(36)30(17-6-10-21-8-4-3-5-9-21)27(25-16-13-23(31)20-26(25)32)38-28(33-30)22-11-14-24(15-12-22)37-19-7-18-35/h3-6,8-16,20,27,35H,7,17-19H2,1-2H3/b10-6+/t27-,30-/m1/s1. The maximum atomic E-state index is 13.8. The Labute approximate surface area is 233 Å². The number of ether oxygens (including phenoxy) is 2.